The van der Waals surface area contributed by atoms with Crippen molar-refractivity contribution in [1.82, 2.24) is 4.31 Å². The predicted octanol–water partition coefficient (Wildman–Crippen LogP) is 0.789. The molecule has 0 spiro atoms. The molecule has 0 heterocycles. The Kier molecular flexibility index (Phi) is 4.72. The van der Waals surface area contributed by atoms with E-state index in [1.807, 2.05) is 0 Å². The molecular weight excluding hydrogens is 235 g/mol. The van der Waals surface area contributed by atoms with Gasteiger partial charge in [0, 0.05) is 13.1 Å². The second kappa shape index (κ2) is 4.93. The van der Waals surface area contributed by atoms with Gasteiger partial charge in [-0.2, -0.15) is 13.2 Å². The maximum absolute atomic E-state index is 11.8. The van der Waals surface area contributed by atoms with Gasteiger partial charge in [-0.15, -0.1) is 0 Å². The van der Waals surface area contributed by atoms with E-state index in [4.69, 9.17) is 0 Å². The number of nitrogens with zero attached hydrogens (tertiary/aromatic N) is 1. The number of carbonyl (C=O) groups is 1. The number of carbonyl (C=O) groups excluding carboxylic acids is 1. The van der Waals surface area contributed by atoms with E-state index >= 15 is 0 Å². The van der Waals surface area contributed by atoms with Crippen molar-refractivity contribution in [2.75, 3.05) is 18.8 Å². The topological polar surface area (TPSA) is 54.5 Å². The zero-order valence-corrected chi connectivity index (χ0v) is 9.15. The van der Waals surface area contributed by atoms with Gasteiger partial charge in [-0.05, 0) is 0 Å². The normalized spacial score (nSPS) is 13.2. The first-order valence-corrected chi connectivity index (χ1v) is 5.84. The van der Waals surface area contributed by atoms with Crippen LogP contribution in [0.15, 0.2) is 0 Å². The summed E-state index contributed by atoms with van der Waals surface area (Å²) < 4.78 is 58.8. The highest BCUT2D eigenvalue weighted by Crippen LogP contribution is 2.17. The lowest BCUT2D eigenvalue weighted by Gasteiger charge is -2.18. The molecule has 0 radical (unpaired) electrons. The highest BCUT2D eigenvalue weighted by Gasteiger charge is 2.41. The lowest BCUT2D eigenvalue weighted by atomic mass is 10.4. The van der Waals surface area contributed by atoms with Crippen LogP contribution in [0.5, 0.6) is 0 Å². The highest BCUT2D eigenvalue weighted by molar-refractivity contribution is 7.89. The Balaban J connectivity index is 4.73. The molecule has 4 nitrogen and oxygen atoms in total. The molecule has 0 aliphatic heterocycles. The summed E-state index contributed by atoms with van der Waals surface area (Å²) in [6.45, 7) is 3.06. The van der Waals surface area contributed by atoms with E-state index in [1.54, 1.807) is 0 Å². The van der Waals surface area contributed by atoms with Crippen LogP contribution in [0.4, 0.5) is 13.2 Å². The zero-order chi connectivity index (χ0) is 12.3. The van der Waals surface area contributed by atoms with Crippen LogP contribution in [0.2, 0.25) is 0 Å². The molecule has 0 fully saturated rings. The quantitative estimate of drug-likeness (QED) is 0.721. The Morgan fingerprint density at radius 2 is 1.60 bits per heavy atom. The fourth-order valence-electron chi connectivity index (χ4n) is 0.956. The average molecular weight is 247 g/mol. The average Bonchev–Trinajstić information content (AvgIpc) is 2.02. The minimum absolute atomic E-state index is 0.0456. The van der Waals surface area contributed by atoms with Crippen molar-refractivity contribution in [2.24, 2.45) is 0 Å². The Bertz CT molecular complexity index is 319. The fraction of sp³-hybridized carbons (Fsp3) is 0.857. The van der Waals surface area contributed by atoms with Crippen molar-refractivity contribution in [3.63, 3.8) is 0 Å². The van der Waals surface area contributed by atoms with E-state index in [0.29, 0.717) is 0 Å². The Morgan fingerprint density at radius 1 is 1.20 bits per heavy atom. The van der Waals surface area contributed by atoms with Crippen molar-refractivity contribution in [1.29, 1.82) is 0 Å². The number of hydrogen-bond acceptors (Lipinski definition) is 3. The van der Waals surface area contributed by atoms with Crippen molar-refractivity contribution in [3.8, 4) is 0 Å². The number of alkyl halides is 3. The molecule has 0 N–H and O–H groups in total. The molecule has 0 bridgehead atoms. The molecule has 90 valence electrons. The van der Waals surface area contributed by atoms with E-state index in [1.165, 1.54) is 13.8 Å². The summed E-state index contributed by atoms with van der Waals surface area (Å²) in [5.74, 6) is -3.76. The van der Waals surface area contributed by atoms with Crippen molar-refractivity contribution < 1.29 is 26.4 Å². The van der Waals surface area contributed by atoms with Crippen molar-refractivity contribution in [2.45, 2.75) is 20.0 Å². The first-order valence-electron chi connectivity index (χ1n) is 4.23. The van der Waals surface area contributed by atoms with Crippen LogP contribution in [0.3, 0.4) is 0 Å². The number of ketones is 1. The maximum atomic E-state index is 11.8. The maximum Gasteiger partial charge on any atom is 0.451 e. The van der Waals surface area contributed by atoms with E-state index in [0.717, 1.165) is 4.31 Å². The van der Waals surface area contributed by atoms with Crippen LogP contribution in [0.1, 0.15) is 13.8 Å². The molecule has 0 aliphatic rings. The summed E-state index contributed by atoms with van der Waals surface area (Å²) in [6.07, 6.45) is -5.10. The van der Waals surface area contributed by atoms with E-state index in [-0.39, 0.29) is 13.1 Å². The largest absolute Gasteiger partial charge is 0.451 e. The predicted molar refractivity (Wildman–Crippen MR) is 47.8 cm³/mol. The smallest absolute Gasteiger partial charge is 0.288 e. The van der Waals surface area contributed by atoms with Gasteiger partial charge in [-0.25, -0.2) is 12.7 Å². The van der Waals surface area contributed by atoms with Gasteiger partial charge in [0.2, 0.25) is 10.0 Å². The highest BCUT2D eigenvalue weighted by atomic mass is 32.2. The number of sulfonamides is 1. The lowest BCUT2D eigenvalue weighted by molar-refractivity contribution is -0.168. The van der Waals surface area contributed by atoms with Gasteiger partial charge in [-0.3, -0.25) is 4.79 Å². The summed E-state index contributed by atoms with van der Waals surface area (Å²) in [4.78, 5) is 10.5. The summed E-state index contributed by atoms with van der Waals surface area (Å²) in [6, 6.07) is 0. The molecule has 0 aliphatic carbocycles. The van der Waals surface area contributed by atoms with Gasteiger partial charge in [0.1, 0.15) is 5.75 Å². The van der Waals surface area contributed by atoms with Crippen LogP contribution < -0.4 is 0 Å². The van der Waals surface area contributed by atoms with Crippen LogP contribution in [-0.2, 0) is 14.8 Å². The molecule has 0 rings (SSSR count). The van der Waals surface area contributed by atoms with Crippen LogP contribution in [-0.4, -0.2) is 43.5 Å². The Morgan fingerprint density at radius 3 is 1.87 bits per heavy atom. The van der Waals surface area contributed by atoms with E-state index in [2.05, 4.69) is 0 Å². The number of hydrogen-bond donors (Lipinski definition) is 0. The van der Waals surface area contributed by atoms with Crippen LogP contribution in [0.25, 0.3) is 0 Å². The fourth-order valence-corrected chi connectivity index (χ4v) is 2.42. The van der Waals surface area contributed by atoms with Gasteiger partial charge in [-0.1, -0.05) is 13.8 Å². The van der Waals surface area contributed by atoms with Gasteiger partial charge in [0.15, 0.2) is 0 Å². The van der Waals surface area contributed by atoms with Gasteiger partial charge in [0.05, 0.1) is 0 Å². The minimum Gasteiger partial charge on any atom is -0.288 e. The molecule has 0 unspecified atom stereocenters. The molecule has 0 aromatic heterocycles. The summed E-state index contributed by atoms with van der Waals surface area (Å²) in [7, 11) is -4.14. The first kappa shape index (κ1) is 14.4. The second-order valence-corrected chi connectivity index (χ2v) is 4.73. The third-order valence-electron chi connectivity index (χ3n) is 1.73. The molecule has 0 saturated heterocycles. The molecule has 8 heteroatoms. The molecular formula is C7H12F3NO3S. The molecule has 0 aromatic carbocycles. The molecule has 0 atom stereocenters. The Hall–Kier alpha value is -0.630. The third kappa shape index (κ3) is 4.17. The van der Waals surface area contributed by atoms with Crippen LogP contribution >= 0.6 is 0 Å². The number of Topliss-reactive ketones (excluding diaryl/α,β-unsaturated/α-hetero) is 1. The standard InChI is InChI=1S/C7H12F3NO3S/c1-3-11(4-2)15(13,14)5-6(12)7(8,9)10/h3-5H2,1-2H3. The van der Waals surface area contributed by atoms with Gasteiger partial charge < -0.3 is 0 Å². The molecule has 15 heavy (non-hydrogen) atoms. The summed E-state index contributed by atoms with van der Waals surface area (Å²) >= 11 is 0. The Labute approximate surface area is 86.1 Å². The zero-order valence-electron chi connectivity index (χ0n) is 8.34. The second-order valence-electron chi connectivity index (χ2n) is 2.76. The summed E-state index contributed by atoms with van der Waals surface area (Å²) in [5, 5.41) is 0. The summed E-state index contributed by atoms with van der Waals surface area (Å²) in [5.41, 5.74) is 0. The van der Waals surface area contributed by atoms with Crippen molar-refractivity contribution >= 4 is 15.8 Å². The molecule has 0 saturated carbocycles. The first-order chi connectivity index (χ1) is 6.65. The van der Waals surface area contributed by atoms with E-state index < -0.39 is 27.7 Å². The van der Waals surface area contributed by atoms with E-state index in [9.17, 15) is 26.4 Å². The molecule has 0 amide bonds. The third-order valence-corrected chi connectivity index (χ3v) is 3.66. The van der Waals surface area contributed by atoms with Gasteiger partial charge >= 0.3 is 6.18 Å². The molecule has 0 aromatic rings. The van der Waals surface area contributed by atoms with Crippen LogP contribution in [0, 0.1) is 0 Å². The lowest BCUT2D eigenvalue weighted by Crippen LogP contribution is -2.39. The minimum atomic E-state index is -5.10. The van der Waals surface area contributed by atoms with Gasteiger partial charge in [0.25, 0.3) is 5.78 Å². The van der Waals surface area contributed by atoms with Crippen molar-refractivity contribution in [3.05, 3.63) is 0 Å². The SMILES string of the molecule is CCN(CC)S(=O)(=O)CC(=O)C(F)(F)F. The number of halogens is 3. The number of rotatable bonds is 5. The monoisotopic (exact) mass is 247 g/mol.